The standard InChI is InChI=1S/C12H19N3O2/c1-9(15-7-10(5-13)8-15)12(16)14-6-11-3-2-4-17-11/h2-4,9-10H,5-8,13H2,1H3,(H,14,16). The molecule has 1 saturated heterocycles. The van der Waals surface area contributed by atoms with E-state index in [2.05, 4.69) is 10.2 Å². The van der Waals surface area contributed by atoms with Crippen LogP contribution in [0.4, 0.5) is 0 Å². The fourth-order valence-corrected chi connectivity index (χ4v) is 1.98. The predicted molar refractivity (Wildman–Crippen MR) is 64.1 cm³/mol. The molecule has 0 spiro atoms. The van der Waals surface area contributed by atoms with E-state index in [0.717, 1.165) is 18.8 Å². The topological polar surface area (TPSA) is 71.5 Å². The summed E-state index contributed by atoms with van der Waals surface area (Å²) in [4.78, 5) is 14.0. The van der Waals surface area contributed by atoms with Crippen molar-refractivity contribution < 1.29 is 9.21 Å². The van der Waals surface area contributed by atoms with Gasteiger partial charge in [0.2, 0.25) is 5.91 Å². The Morgan fingerprint density at radius 3 is 3.06 bits per heavy atom. The van der Waals surface area contributed by atoms with E-state index in [0.29, 0.717) is 19.0 Å². The van der Waals surface area contributed by atoms with Crippen LogP contribution < -0.4 is 11.1 Å². The van der Waals surface area contributed by atoms with Crippen molar-refractivity contribution in [3.63, 3.8) is 0 Å². The van der Waals surface area contributed by atoms with Gasteiger partial charge < -0.3 is 15.5 Å². The lowest BCUT2D eigenvalue weighted by Gasteiger charge is -2.41. The van der Waals surface area contributed by atoms with Crippen LogP contribution in [0, 0.1) is 5.92 Å². The van der Waals surface area contributed by atoms with Crippen molar-refractivity contribution in [3.05, 3.63) is 24.2 Å². The predicted octanol–water partition coefficient (Wildman–Crippen LogP) is 0.175. The SMILES string of the molecule is CC(C(=O)NCc1ccco1)N1CC(CN)C1. The fraction of sp³-hybridized carbons (Fsp3) is 0.583. The second kappa shape index (κ2) is 5.33. The highest BCUT2D eigenvalue weighted by molar-refractivity contribution is 5.81. The van der Waals surface area contributed by atoms with Crippen molar-refractivity contribution in [2.45, 2.75) is 19.5 Å². The zero-order chi connectivity index (χ0) is 12.3. The maximum Gasteiger partial charge on any atom is 0.237 e. The summed E-state index contributed by atoms with van der Waals surface area (Å²) >= 11 is 0. The van der Waals surface area contributed by atoms with Crippen LogP contribution in [0.25, 0.3) is 0 Å². The van der Waals surface area contributed by atoms with Gasteiger partial charge in [-0.2, -0.15) is 0 Å². The van der Waals surface area contributed by atoms with Crippen LogP contribution in [-0.2, 0) is 11.3 Å². The van der Waals surface area contributed by atoms with Crippen LogP contribution in [0.2, 0.25) is 0 Å². The molecular weight excluding hydrogens is 218 g/mol. The molecule has 94 valence electrons. The summed E-state index contributed by atoms with van der Waals surface area (Å²) in [5.41, 5.74) is 5.56. The Balaban J connectivity index is 1.73. The number of rotatable bonds is 5. The molecule has 0 saturated carbocycles. The van der Waals surface area contributed by atoms with Gasteiger partial charge in [0.25, 0.3) is 0 Å². The number of hydrogen-bond donors (Lipinski definition) is 2. The van der Waals surface area contributed by atoms with Crippen molar-refractivity contribution in [2.75, 3.05) is 19.6 Å². The summed E-state index contributed by atoms with van der Waals surface area (Å²) in [7, 11) is 0. The number of nitrogens with one attached hydrogen (secondary N) is 1. The number of nitrogens with zero attached hydrogens (tertiary/aromatic N) is 1. The molecule has 1 unspecified atom stereocenters. The first-order valence-electron chi connectivity index (χ1n) is 5.95. The Morgan fingerprint density at radius 1 is 1.71 bits per heavy atom. The molecule has 5 nitrogen and oxygen atoms in total. The van der Waals surface area contributed by atoms with Crippen molar-refractivity contribution in [2.24, 2.45) is 11.7 Å². The van der Waals surface area contributed by atoms with Gasteiger partial charge in [-0.3, -0.25) is 9.69 Å². The smallest absolute Gasteiger partial charge is 0.237 e. The average Bonchev–Trinajstić information content (AvgIpc) is 2.77. The first kappa shape index (κ1) is 12.1. The maximum atomic E-state index is 11.8. The molecule has 0 aliphatic carbocycles. The summed E-state index contributed by atoms with van der Waals surface area (Å²) in [5, 5.41) is 2.86. The lowest BCUT2D eigenvalue weighted by molar-refractivity contribution is -0.128. The normalized spacial score (nSPS) is 18.7. The van der Waals surface area contributed by atoms with E-state index < -0.39 is 0 Å². The first-order valence-corrected chi connectivity index (χ1v) is 5.95. The quantitative estimate of drug-likeness (QED) is 0.766. The van der Waals surface area contributed by atoms with E-state index in [9.17, 15) is 4.79 Å². The molecule has 1 fully saturated rings. The second-order valence-electron chi connectivity index (χ2n) is 4.53. The van der Waals surface area contributed by atoms with E-state index in [1.165, 1.54) is 0 Å². The molecule has 2 heterocycles. The monoisotopic (exact) mass is 237 g/mol. The molecule has 0 aromatic carbocycles. The Kier molecular flexibility index (Phi) is 3.81. The van der Waals surface area contributed by atoms with Crippen molar-refractivity contribution in [1.29, 1.82) is 0 Å². The Bertz CT molecular complexity index is 358. The van der Waals surface area contributed by atoms with E-state index in [-0.39, 0.29) is 11.9 Å². The molecule has 3 N–H and O–H groups in total. The zero-order valence-electron chi connectivity index (χ0n) is 10.1. The molecule has 2 rings (SSSR count). The molecule has 0 bridgehead atoms. The van der Waals surface area contributed by atoms with Crippen LogP contribution >= 0.6 is 0 Å². The lowest BCUT2D eigenvalue weighted by Crippen LogP contribution is -2.57. The number of hydrogen-bond acceptors (Lipinski definition) is 4. The highest BCUT2D eigenvalue weighted by atomic mass is 16.3. The van der Waals surface area contributed by atoms with Gasteiger partial charge >= 0.3 is 0 Å². The van der Waals surface area contributed by atoms with Crippen molar-refractivity contribution in [3.8, 4) is 0 Å². The molecule has 1 amide bonds. The van der Waals surface area contributed by atoms with Crippen molar-refractivity contribution >= 4 is 5.91 Å². The number of likely N-dealkylation sites (tertiary alicyclic amines) is 1. The molecule has 5 heteroatoms. The fourth-order valence-electron chi connectivity index (χ4n) is 1.98. The second-order valence-corrected chi connectivity index (χ2v) is 4.53. The molecule has 17 heavy (non-hydrogen) atoms. The zero-order valence-corrected chi connectivity index (χ0v) is 10.1. The summed E-state index contributed by atoms with van der Waals surface area (Å²) in [6, 6.07) is 3.57. The lowest BCUT2D eigenvalue weighted by atomic mass is 9.98. The van der Waals surface area contributed by atoms with Gasteiger partial charge in [-0.05, 0) is 31.5 Å². The number of nitrogens with two attached hydrogens (primary N) is 1. The molecule has 1 aliphatic heterocycles. The van der Waals surface area contributed by atoms with Gasteiger partial charge in [-0.25, -0.2) is 0 Å². The van der Waals surface area contributed by atoms with Crippen molar-refractivity contribution in [1.82, 2.24) is 10.2 Å². The van der Waals surface area contributed by atoms with Crippen LogP contribution in [0.5, 0.6) is 0 Å². The summed E-state index contributed by atoms with van der Waals surface area (Å²) in [5.74, 6) is 1.36. The van der Waals surface area contributed by atoms with E-state index in [1.54, 1.807) is 6.26 Å². The van der Waals surface area contributed by atoms with E-state index in [1.807, 2.05) is 19.1 Å². The molecule has 1 aromatic heterocycles. The Morgan fingerprint density at radius 2 is 2.47 bits per heavy atom. The van der Waals surface area contributed by atoms with Gasteiger partial charge in [-0.1, -0.05) is 0 Å². The molecule has 0 radical (unpaired) electrons. The number of carbonyl (C=O) groups is 1. The summed E-state index contributed by atoms with van der Waals surface area (Å²) in [6.45, 7) is 4.92. The third-order valence-corrected chi connectivity index (χ3v) is 3.26. The van der Waals surface area contributed by atoms with Crippen LogP contribution in [0.3, 0.4) is 0 Å². The van der Waals surface area contributed by atoms with E-state index in [4.69, 9.17) is 10.2 Å². The molecule has 1 aromatic rings. The van der Waals surface area contributed by atoms with Crippen LogP contribution in [-0.4, -0.2) is 36.5 Å². The van der Waals surface area contributed by atoms with Gasteiger partial charge in [-0.15, -0.1) is 0 Å². The van der Waals surface area contributed by atoms with Gasteiger partial charge in [0.15, 0.2) is 0 Å². The summed E-state index contributed by atoms with van der Waals surface area (Å²) in [6.07, 6.45) is 1.60. The molecular formula is C12H19N3O2. The Hall–Kier alpha value is -1.33. The highest BCUT2D eigenvalue weighted by Crippen LogP contribution is 2.17. The van der Waals surface area contributed by atoms with Gasteiger partial charge in [0.05, 0.1) is 18.8 Å². The molecule has 1 aliphatic rings. The number of amides is 1. The third kappa shape index (κ3) is 2.87. The van der Waals surface area contributed by atoms with Gasteiger partial charge in [0, 0.05) is 13.1 Å². The minimum Gasteiger partial charge on any atom is -0.467 e. The Labute approximate surface area is 101 Å². The minimum atomic E-state index is -0.0900. The average molecular weight is 237 g/mol. The maximum absolute atomic E-state index is 11.8. The largest absolute Gasteiger partial charge is 0.467 e. The molecule has 1 atom stereocenters. The number of furan rings is 1. The van der Waals surface area contributed by atoms with Crippen LogP contribution in [0.1, 0.15) is 12.7 Å². The highest BCUT2D eigenvalue weighted by Gasteiger charge is 2.32. The van der Waals surface area contributed by atoms with Gasteiger partial charge in [0.1, 0.15) is 5.76 Å². The van der Waals surface area contributed by atoms with Crippen LogP contribution in [0.15, 0.2) is 22.8 Å². The van der Waals surface area contributed by atoms with E-state index >= 15 is 0 Å². The number of carbonyl (C=O) groups excluding carboxylic acids is 1. The summed E-state index contributed by atoms with van der Waals surface area (Å²) < 4.78 is 5.15. The first-order chi connectivity index (χ1) is 8.20. The third-order valence-electron chi connectivity index (χ3n) is 3.26. The minimum absolute atomic E-state index is 0.0388.